The summed E-state index contributed by atoms with van der Waals surface area (Å²) >= 11 is 0. The summed E-state index contributed by atoms with van der Waals surface area (Å²) in [5, 5.41) is 6.19. The van der Waals surface area contributed by atoms with E-state index in [9.17, 15) is 4.79 Å². The lowest BCUT2D eigenvalue weighted by Gasteiger charge is -2.06. The van der Waals surface area contributed by atoms with E-state index in [-0.39, 0.29) is 5.91 Å². The largest absolute Gasteiger partial charge is 0.469 e. The highest BCUT2D eigenvalue weighted by Crippen LogP contribution is 2.13. The normalized spacial score (nSPS) is 10.5. The maximum atomic E-state index is 11.9. The molecule has 0 aliphatic carbocycles. The molecule has 0 saturated heterocycles. The number of hydrogen-bond acceptors (Lipinski definition) is 3. The van der Waals surface area contributed by atoms with Crippen molar-refractivity contribution in [3.8, 4) is 0 Å². The van der Waals surface area contributed by atoms with Crippen molar-refractivity contribution >= 4 is 11.6 Å². The first-order valence-electron chi connectivity index (χ1n) is 6.85. The second-order valence-electron chi connectivity index (χ2n) is 4.77. The first-order chi connectivity index (χ1) is 9.69. The number of aryl methyl sites for hydroxylation is 1. The molecule has 1 aromatic heterocycles. The first-order valence-corrected chi connectivity index (χ1v) is 6.85. The van der Waals surface area contributed by atoms with Crippen molar-refractivity contribution in [1.82, 2.24) is 5.32 Å². The van der Waals surface area contributed by atoms with E-state index in [1.807, 2.05) is 31.2 Å². The summed E-state index contributed by atoms with van der Waals surface area (Å²) in [6, 6.07) is 9.57. The molecule has 0 atom stereocenters. The van der Waals surface area contributed by atoms with Crippen LogP contribution in [0.15, 0.2) is 41.0 Å². The summed E-state index contributed by atoms with van der Waals surface area (Å²) in [5.74, 6) is 0.575. The van der Waals surface area contributed by atoms with Crippen LogP contribution < -0.4 is 10.6 Å². The second kappa shape index (κ2) is 6.91. The molecule has 106 valence electrons. The Morgan fingerprint density at radius 3 is 2.60 bits per heavy atom. The van der Waals surface area contributed by atoms with Crippen LogP contribution in [0.1, 0.15) is 35.0 Å². The van der Waals surface area contributed by atoms with Crippen molar-refractivity contribution in [3.05, 3.63) is 53.5 Å². The second-order valence-corrected chi connectivity index (χ2v) is 4.77. The number of carbonyl (C=O) groups is 1. The monoisotopic (exact) mass is 272 g/mol. The van der Waals surface area contributed by atoms with Crippen LogP contribution in [-0.2, 0) is 6.54 Å². The van der Waals surface area contributed by atoms with E-state index in [1.54, 1.807) is 6.07 Å². The van der Waals surface area contributed by atoms with Crippen LogP contribution in [0.4, 0.5) is 5.69 Å². The molecule has 4 nitrogen and oxygen atoms in total. The molecule has 4 heteroatoms. The molecule has 0 bridgehead atoms. The van der Waals surface area contributed by atoms with Gasteiger partial charge in [-0.3, -0.25) is 4.79 Å². The van der Waals surface area contributed by atoms with Gasteiger partial charge in [-0.15, -0.1) is 0 Å². The molecule has 1 aromatic carbocycles. The number of anilines is 1. The Balaban J connectivity index is 1.91. The van der Waals surface area contributed by atoms with Gasteiger partial charge >= 0.3 is 0 Å². The maximum absolute atomic E-state index is 11.9. The molecule has 0 unspecified atom stereocenters. The molecule has 1 heterocycles. The molecule has 20 heavy (non-hydrogen) atoms. The smallest absolute Gasteiger partial charge is 0.258 e. The predicted octanol–water partition coefficient (Wildman–Crippen LogP) is 3.34. The summed E-state index contributed by atoms with van der Waals surface area (Å²) < 4.78 is 5.13. The molecule has 2 rings (SSSR count). The molecule has 1 amide bonds. The minimum Gasteiger partial charge on any atom is -0.469 e. The van der Waals surface area contributed by atoms with Crippen LogP contribution in [0.25, 0.3) is 0 Å². The lowest BCUT2D eigenvalue weighted by atomic mass is 10.2. The van der Waals surface area contributed by atoms with E-state index < -0.39 is 0 Å². The van der Waals surface area contributed by atoms with Crippen molar-refractivity contribution < 1.29 is 9.21 Å². The molecule has 2 aromatic rings. The highest BCUT2D eigenvalue weighted by atomic mass is 16.3. The molecule has 0 aliphatic heterocycles. The third-order valence-electron chi connectivity index (χ3n) is 2.96. The quantitative estimate of drug-likeness (QED) is 0.793. The molecule has 0 radical (unpaired) electrons. The number of hydrogen-bond donors (Lipinski definition) is 2. The molecular weight excluding hydrogens is 252 g/mol. The van der Waals surface area contributed by atoms with Crippen LogP contribution in [0, 0.1) is 6.92 Å². The number of carbonyl (C=O) groups excluding carboxylic acids is 1. The molecule has 2 N–H and O–H groups in total. The molecule has 0 fully saturated rings. The van der Waals surface area contributed by atoms with Gasteiger partial charge < -0.3 is 15.1 Å². The van der Waals surface area contributed by atoms with Gasteiger partial charge in [-0.25, -0.2) is 0 Å². The average Bonchev–Trinajstić information content (AvgIpc) is 2.88. The number of amides is 1. The van der Waals surface area contributed by atoms with Crippen molar-refractivity contribution in [2.45, 2.75) is 26.8 Å². The summed E-state index contributed by atoms with van der Waals surface area (Å²) in [7, 11) is 0. The third kappa shape index (κ3) is 3.96. The summed E-state index contributed by atoms with van der Waals surface area (Å²) in [6.07, 6.45) is 2.59. The number of benzene rings is 1. The predicted molar refractivity (Wildman–Crippen MR) is 79.8 cm³/mol. The van der Waals surface area contributed by atoms with Crippen LogP contribution in [0.5, 0.6) is 0 Å². The van der Waals surface area contributed by atoms with Gasteiger partial charge in [0.15, 0.2) is 0 Å². The van der Waals surface area contributed by atoms with E-state index in [4.69, 9.17) is 4.42 Å². The Hall–Kier alpha value is -2.07. The highest BCUT2D eigenvalue weighted by Gasteiger charge is 2.08. The fraction of sp³-hybridized carbons (Fsp3) is 0.312. The van der Waals surface area contributed by atoms with Gasteiger partial charge in [0.1, 0.15) is 12.0 Å². The first kappa shape index (κ1) is 14.3. The summed E-state index contributed by atoms with van der Waals surface area (Å²) in [4.78, 5) is 11.9. The highest BCUT2D eigenvalue weighted by molar-refractivity contribution is 6.04. The Morgan fingerprint density at radius 2 is 2.00 bits per heavy atom. The number of rotatable bonds is 6. The lowest BCUT2D eigenvalue weighted by molar-refractivity contribution is 0.102. The molecular formula is C16H20N2O2. The minimum absolute atomic E-state index is 0.154. The summed E-state index contributed by atoms with van der Waals surface area (Å²) in [6.45, 7) is 5.82. The Labute approximate surface area is 119 Å². The van der Waals surface area contributed by atoms with E-state index >= 15 is 0 Å². The van der Waals surface area contributed by atoms with Crippen molar-refractivity contribution in [2.24, 2.45) is 0 Å². The van der Waals surface area contributed by atoms with Crippen molar-refractivity contribution in [2.75, 3.05) is 11.9 Å². The van der Waals surface area contributed by atoms with Gasteiger partial charge in [0.2, 0.25) is 0 Å². The van der Waals surface area contributed by atoms with Gasteiger partial charge in [-0.05, 0) is 43.7 Å². The number of furan rings is 1. The maximum Gasteiger partial charge on any atom is 0.258 e. The van der Waals surface area contributed by atoms with Gasteiger partial charge in [0.05, 0.1) is 5.56 Å². The number of nitrogens with one attached hydrogen (secondary N) is 2. The van der Waals surface area contributed by atoms with Crippen LogP contribution in [-0.4, -0.2) is 12.5 Å². The van der Waals surface area contributed by atoms with E-state index in [0.717, 1.165) is 31.0 Å². The zero-order chi connectivity index (χ0) is 14.4. The zero-order valence-electron chi connectivity index (χ0n) is 11.9. The van der Waals surface area contributed by atoms with Crippen LogP contribution >= 0.6 is 0 Å². The Bertz CT molecular complexity index is 558. The third-order valence-corrected chi connectivity index (χ3v) is 2.96. The Morgan fingerprint density at radius 1 is 1.25 bits per heavy atom. The van der Waals surface area contributed by atoms with Crippen molar-refractivity contribution in [1.29, 1.82) is 0 Å². The fourth-order valence-corrected chi connectivity index (χ4v) is 1.88. The molecule has 0 aliphatic rings. The topological polar surface area (TPSA) is 54.3 Å². The van der Waals surface area contributed by atoms with E-state index in [0.29, 0.717) is 5.56 Å². The molecule has 0 saturated carbocycles. The lowest BCUT2D eigenvalue weighted by Crippen LogP contribution is -2.14. The fourth-order valence-electron chi connectivity index (χ4n) is 1.88. The standard InChI is InChI=1S/C16H20N2O2/c1-3-8-17-10-13-4-6-15(7-5-13)18-16(19)14-9-12(2)20-11-14/h4-7,9,11,17H,3,8,10H2,1-2H3,(H,18,19). The SMILES string of the molecule is CCCNCc1ccc(NC(=O)c2coc(C)c2)cc1. The van der Waals surface area contributed by atoms with Crippen LogP contribution in [0.2, 0.25) is 0 Å². The van der Waals surface area contributed by atoms with Gasteiger partial charge in [-0.1, -0.05) is 19.1 Å². The van der Waals surface area contributed by atoms with Gasteiger partial charge in [0, 0.05) is 12.2 Å². The zero-order valence-corrected chi connectivity index (χ0v) is 11.9. The van der Waals surface area contributed by atoms with Gasteiger partial charge in [-0.2, -0.15) is 0 Å². The summed E-state index contributed by atoms with van der Waals surface area (Å²) in [5.41, 5.74) is 2.53. The molecule has 0 spiro atoms. The van der Waals surface area contributed by atoms with E-state index in [1.165, 1.54) is 11.8 Å². The van der Waals surface area contributed by atoms with Crippen LogP contribution in [0.3, 0.4) is 0 Å². The Kier molecular flexibility index (Phi) is 4.96. The van der Waals surface area contributed by atoms with E-state index in [2.05, 4.69) is 17.6 Å². The van der Waals surface area contributed by atoms with Gasteiger partial charge in [0.25, 0.3) is 5.91 Å². The average molecular weight is 272 g/mol. The van der Waals surface area contributed by atoms with Crippen molar-refractivity contribution in [3.63, 3.8) is 0 Å². The minimum atomic E-state index is -0.154.